The van der Waals surface area contributed by atoms with E-state index < -0.39 is 0 Å². The predicted molar refractivity (Wildman–Crippen MR) is 89.8 cm³/mol. The Morgan fingerprint density at radius 1 is 1.14 bits per heavy atom. The molecule has 0 saturated carbocycles. The molecule has 2 rings (SSSR count). The van der Waals surface area contributed by atoms with Crippen LogP contribution in [0.25, 0.3) is 0 Å². The van der Waals surface area contributed by atoms with Gasteiger partial charge < -0.3 is 9.47 Å². The van der Waals surface area contributed by atoms with Crippen LogP contribution < -0.4 is 9.47 Å². The average Bonchev–Trinajstić information content (AvgIpc) is 2.49. The summed E-state index contributed by atoms with van der Waals surface area (Å²) in [5.41, 5.74) is 3.30. The molecule has 0 fully saturated rings. The Bertz CT molecular complexity index is 663. The Hall–Kier alpha value is -1.94. The van der Waals surface area contributed by atoms with Gasteiger partial charge in [0.25, 0.3) is 0 Å². The summed E-state index contributed by atoms with van der Waals surface area (Å²) < 4.78 is 10.4. The van der Waals surface area contributed by atoms with Gasteiger partial charge in [-0.1, -0.05) is 12.1 Å². The third kappa shape index (κ3) is 4.28. The number of carbonyl (C=O) groups excluding carboxylic acids is 1. The Kier molecular flexibility index (Phi) is 5.50. The number of esters is 1. The van der Waals surface area contributed by atoms with Gasteiger partial charge in [0.2, 0.25) is 0 Å². The second kappa shape index (κ2) is 7.36. The molecule has 0 N–H and O–H groups in total. The van der Waals surface area contributed by atoms with E-state index in [1.165, 1.54) is 12.5 Å². The molecule has 4 heteroatoms. The second-order valence-corrected chi connectivity index (χ2v) is 6.13. The Labute approximate surface area is 135 Å². The van der Waals surface area contributed by atoms with Crippen molar-refractivity contribution in [1.29, 1.82) is 0 Å². The molecule has 0 aliphatic rings. The summed E-state index contributed by atoms with van der Waals surface area (Å²) in [4.78, 5) is 12.3. The maximum atomic E-state index is 11.2. The van der Waals surface area contributed by atoms with Crippen LogP contribution in [0, 0.1) is 13.8 Å². The van der Waals surface area contributed by atoms with Gasteiger partial charge >= 0.3 is 5.97 Å². The van der Waals surface area contributed by atoms with Crippen LogP contribution in [-0.4, -0.2) is 13.1 Å². The van der Waals surface area contributed by atoms with Crippen molar-refractivity contribution < 1.29 is 14.3 Å². The molecule has 0 aromatic heterocycles. The maximum absolute atomic E-state index is 11.2. The van der Waals surface area contributed by atoms with Crippen molar-refractivity contribution in [3.63, 3.8) is 0 Å². The number of methoxy groups -OCH3 is 1. The third-order valence-electron chi connectivity index (χ3n) is 3.26. The van der Waals surface area contributed by atoms with Crippen molar-refractivity contribution in [2.24, 2.45) is 0 Å². The van der Waals surface area contributed by atoms with E-state index in [-0.39, 0.29) is 5.97 Å². The van der Waals surface area contributed by atoms with E-state index in [4.69, 9.17) is 9.47 Å². The molecule has 0 saturated heterocycles. The van der Waals surface area contributed by atoms with Crippen LogP contribution >= 0.6 is 11.8 Å². The van der Waals surface area contributed by atoms with Gasteiger partial charge in [0.05, 0.1) is 7.11 Å². The molecule has 0 amide bonds. The van der Waals surface area contributed by atoms with Gasteiger partial charge in [0.1, 0.15) is 11.5 Å². The number of benzene rings is 2. The van der Waals surface area contributed by atoms with Gasteiger partial charge in [-0.2, -0.15) is 0 Å². The third-order valence-corrected chi connectivity index (χ3v) is 4.48. The summed E-state index contributed by atoms with van der Waals surface area (Å²) in [6, 6.07) is 12.1. The summed E-state index contributed by atoms with van der Waals surface area (Å²) in [5, 5.41) is 0. The molecule has 0 radical (unpaired) electrons. The number of thioether (sulfide) groups is 1. The second-order valence-electron chi connectivity index (χ2n) is 5.12. The lowest BCUT2D eigenvalue weighted by Crippen LogP contribution is -2.03. The van der Waals surface area contributed by atoms with Crippen molar-refractivity contribution in [3.8, 4) is 11.5 Å². The molecule has 2 aromatic rings. The monoisotopic (exact) mass is 316 g/mol. The lowest BCUT2D eigenvalue weighted by molar-refractivity contribution is -0.131. The number of carbonyl (C=O) groups is 1. The molecule has 2 aromatic carbocycles. The van der Waals surface area contributed by atoms with Crippen LogP contribution in [0.4, 0.5) is 0 Å². The fraction of sp³-hybridized carbons (Fsp3) is 0.278. The summed E-state index contributed by atoms with van der Waals surface area (Å²) >= 11 is 1.74. The lowest BCUT2D eigenvalue weighted by Gasteiger charge is -2.12. The smallest absolute Gasteiger partial charge is 0.308 e. The summed E-state index contributed by atoms with van der Waals surface area (Å²) in [6.07, 6.45) is 0. The van der Waals surface area contributed by atoms with Crippen LogP contribution in [0.5, 0.6) is 11.5 Å². The number of ether oxygens (including phenoxy) is 2. The van der Waals surface area contributed by atoms with E-state index >= 15 is 0 Å². The van der Waals surface area contributed by atoms with E-state index in [0.717, 1.165) is 27.5 Å². The molecule has 0 aliphatic heterocycles. The van der Waals surface area contributed by atoms with E-state index in [0.29, 0.717) is 5.75 Å². The lowest BCUT2D eigenvalue weighted by atomic mass is 10.1. The molecule has 0 heterocycles. The van der Waals surface area contributed by atoms with Crippen molar-refractivity contribution >= 4 is 17.7 Å². The van der Waals surface area contributed by atoms with Crippen LogP contribution in [0.15, 0.2) is 41.3 Å². The first-order valence-electron chi connectivity index (χ1n) is 7.05. The van der Waals surface area contributed by atoms with Crippen molar-refractivity contribution in [2.75, 3.05) is 7.11 Å². The normalized spacial score (nSPS) is 10.4. The zero-order valence-corrected chi connectivity index (χ0v) is 14.1. The van der Waals surface area contributed by atoms with Gasteiger partial charge in [-0.3, -0.25) is 4.79 Å². The van der Waals surface area contributed by atoms with Gasteiger partial charge in [-0.05, 0) is 49.2 Å². The number of aryl methyl sites for hydroxylation is 1. The van der Waals surface area contributed by atoms with Gasteiger partial charge in [-0.15, -0.1) is 11.8 Å². The van der Waals surface area contributed by atoms with Crippen molar-refractivity contribution in [3.05, 3.63) is 53.1 Å². The van der Waals surface area contributed by atoms with E-state index in [2.05, 4.69) is 18.2 Å². The molecule has 0 spiro atoms. The molecule has 3 nitrogen and oxygen atoms in total. The standard InChI is InChI=1S/C18H20O3S/c1-12-9-17(21-14(3)19)13(2)18(10-12)22-11-15-5-7-16(20-4)8-6-15/h5-10H,11H2,1-4H3. The average molecular weight is 316 g/mol. The number of rotatable bonds is 5. The van der Waals surface area contributed by atoms with Crippen LogP contribution in [-0.2, 0) is 10.5 Å². The quantitative estimate of drug-likeness (QED) is 0.461. The minimum atomic E-state index is -0.292. The molecule has 0 atom stereocenters. The topological polar surface area (TPSA) is 35.5 Å². The number of hydrogen-bond acceptors (Lipinski definition) is 4. The molecule has 22 heavy (non-hydrogen) atoms. The van der Waals surface area contributed by atoms with E-state index in [1.54, 1.807) is 18.9 Å². The predicted octanol–water partition coefficient (Wildman–Crippen LogP) is 4.53. The highest BCUT2D eigenvalue weighted by Gasteiger charge is 2.10. The van der Waals surface area contributed by atoms with Crippen LogP contribution in [0.2, 0.25) is 0 Å². The molecular weight excluding hydrogens is 296 g/mol. The minimum absolute atomic E-state index is 0.292. The highest BCUT2D eigenvalue weighted by atomic mass is 32.2. The van der Waals surface area contributed by atoms with Crippen molar-refractivity contribution in [1.82, 2.24) is 0 Å². The fourth-order valence-electron chi connectivity index (χ4n) is 2.09. The molecule has 0 aliphatic carbocycles. The molecule has 116 valence electrons. The molecule has 0 unspecified atom stereocenters. The molecule has 0 bridgehead atoms. The maximum Gasteiger partial charge on any atom is 0.308 e. The van der Waals surface area contributed by atoms with Gasteiger partial charge in [0.15, 0.2) is 0 Å². The Morgan fingerprint density at radius 2 is 1.82 bits per heavy atom. The zero-order valence-electron chi connectivity index (χ0n) is 13.3. The largest absolute Gasteiger partial charge is 0.497 e. The first-order valence-corrected chi connectivity index (χ1v) is 8.03. The highest BCUT2D eigenvalue weighted by molar-refractivity contribution is 7.98. The summed E-state index contributed by atoms with van der Waals surface area (Å²) in [7, 11) is 1.66. The molecular formula is C18H20O3S. The van der Waals surface area contributed by atoms with Gasteiger partial charge in [-0.25, -0.2) is 0 Å². The highest BCUT2D eigenvalue weighted by Crippen LogP contribution is 2.33. The SMILES string of the molecule is COc1ccc(CSc2cc(C)cc(OC(C)=O)c2C)cc1. The van der Waals surface area contributed by atoms with Crippen LogP contribution in [0.3, 0.4) is 0 Å². The minimum Gasteiger partial charge on any atom is -0.497 e. The van der Waals surface area contributed by atoms with E-state index in [1.807, 2.05) is 32.0 Å². The Morgan fingerprint density at radius 3 is 2.41 bits per heavy atom. The number of hydrogen-bond donors (Lipinski definition) is 0. The zero-order chi connectivity index (χ0) is 16.1. The van der Waals surface area contributed by atoms with E-state index in [9.17, 15) is 4.79 Å². The first kappa shape index (κ1) is 16.4. The van der Waals surface area contributed by atoms with Crippen LogP contribution in [0.1, 0.15) is 23.6 Å². The van der Waals surface area contributed by atoms with Crippen molar-refractivity contribution in [2.45, 2.75) is 31.4 Å². The fourth-order valence-corrected chi connectivity index (χ4v) is 3.19. The first-order chi connectivity index (χ1) is 10.5. The van der Waals surface area contributed by atoms with Gasteiger partial charge in [0, 0.05) is 23.1 Å². The Balaban J connectivity index is 2.14. The summed E-state index contributed by atoms with van der Waals surface area (Å²) in [5.74, 6) is 2.07. The summed E-state index contributed by atoms with van der Waals surface area (Å²) in [6.45, 7) is 5.41.